The van der Waals surface area contributed by atoms with Crippen molar-refractivity contribution in [2.24, 2.45) is 0 Å². The van der Waals surface area contributed by atoms with E-state index in [4.69, 9.17) is 17.9 Å². The average molecular weight is 1230 g/mol. The highest BCUT2D eigenvalue weighted by Gasteiger charge is 2.40. The molecular weight excluding hydrogens is 1140 g/mol. The van der Waals surface area contributed by atoms with Crippen molar-refractivity contribution in [2.75, 3.05) is 0 Å². The third-order valence-corrected chi connectivity index (χ3v) is 20.2. The number of para-hydroxylation sites is 3. The van der Waals surface area contributed by atoms with E-state index in [0.29, 0.717) is 61.8 Å². The molecule has 17 rings (SSSR count). The van der Waals surface area contributed by atoms with Crippen LogP contribution in [0, 0.1) is 33.7 Å². The molecule has 6 nitrogen and oxygen atoms in total. The maximum atomic E-state index is 9.21. The zero-order chi connectivity index (χ0) is 74.3. The van der Waals surface area contributed by atoms with Gasteiger partial charge in [0.1, 0.15) is 17.3 Å². The van der Waals surface area contributed by atoms with Crippen LogP contribution in [0.25, 0.3) is 133 Å². The molecule has 5 heterocycles. The SMILES string of the molecule is [2H]C([2H])([2H])c1cccc(C([2H])([2H])[2H])c1-c1cc2c(c(-n3c4ccccc4c4ccccc43)c1)-[n+]1[c-]n(-c3cccc(Oc4ccc5c6ccccc6n(-c6cc(C(C)(C)C)ccn6)c5c4)c3)c3cc(-c4c(C([2H])([2H])[2H])cccc4C([2H])([2H])[2H])cc(c31)-c1ccccc1-c1cc3c(cc1-2)C(C)(C)CCC3(C)C. The Kier molecular flexibility index (Phi) is 10.2. The average Bonchev–Trinajstić information content (AvgIpc) is 1.48. The molecule has 6 heteroatoms. The fourth-order valence-electron chi connectivity index (χ4n) is 15.3. The predicted molar refractivity (Wildman–Crippen MR) is 390 cm³/mol. The number of imidazole rings is 1. The van der Waals surface area contributed by atoms with E-state index < -0.39 is 27.4 Å². The van der Waals surface area contributed by atoms with Gasteiger partial charge in [0, 0.05) is 50.3 Å². The molecular formula is C88H75N5O. The number of pyridine rings is 1. The van der Waals surface area contributed by atoms with Gasteiger partial charge in [-0.25, -0.2) is 4.98 Å². The lowest BCUT2D eigenvalue weighted by Crippen LogP contribution is -2.34. The van der Waals surface area contributed by atoms with Crippen molar-refractivity contribution in [3.05, 3.63) is 276 Å². The van der Waals surface area contributed by atoms with Crippen LogP contribution in [0.3, 0.4) is 0 Å². The molecule has 0 N–H and O–H groups in total. The standard InChI is InChI=1S/C88H75N5O/c1-53-23-20-24-54(2)82(53)57-43-71-64-30-13-12-29-63(64)69-50-73-74(88(10,11)41-40-87(73,8)9)51-70(69)72-44-58(83-55(3)25-21-26-56(83)4)46-80(92-75-34-17-14-31-65(75)66-32-15-18-35-76(66)92)85(72)91-52-90(79(45-57)84(71)91)60-27-22-28-61(48-60)94-62-37-38-68-67-33-16-19-36-77(67)93(78(68)49-62)81-47-59(39-42-89-81)86(5,6)7/h12-39,42-51H,40-41H2,1-11H3/i1D3,2D3,3D3,4D3. The Labute approximate surface area is 567 Å². The van der Waals surface area contributed by atoms with Gasteiger partial charge in [0.05, 0.1) is 50.2 Å². The van der Waals surface area contributed by atoms with Gasteiger partial charge in [-0.3, -0.25) is 13.7 Å². The summed E-state index contributed by atoms with van der Waals surface area (Å²) in [6.45, 7) is 4.57. The summed E-state index contributed by atoms with van der Waals surface area (Å²) in [6, 6.07) is 71.9. The third kappa shape index (κ3) is 8.89. The molecule has 0 saturated carbocycles. The van der Waals surface area contributed by atoms with Crippen molar-refractivity contribution in [3.8, 4) is 90.0 Å². The number of aromatic nitrogens is 5. The molecule has 4 aromatic heterocycles. The first-order chi connectivity index (χ1) is 50.2. The van der Waals surface area contributed by atoms with Gasteiger partial charge in [-0.15, -0.1) is 0 Å². The Bertz CT molecular complexity index is 6070. The van der Waals surface area contributed by atoms with E-state index in [-0.39, 0.29) is 49.6 Å². The number of hydrogen-bond donors (Lipinski definition) is 0. The summed E-state index contributed by atoms with van der Waals surface area (Å²) < 4.78 is 125. The van der Waals surface area contributed by atoms with E-state index in [1.54, 1.807) is 0 Å². The number of ether oxygens (including phenoxy) is 1. The van der Waals surface area contributed by atoms with Gasteiger partial charge in [0.2, 0.25) is 0 Å². The van der Waals surface area contributed by atoms with Gasteiger partial charge in [-0.05, 0) is 236 Å². The molecule has 0 atom stereocenters. The summed E-state index contributed by atoms with van der Waals surface area (Å²) in [5, 5.41) is 3.94. The molecule has 1 aliphatic carbocycles. The second-order valence-electron chi connectivity index (χ2n) is 27.9. The number of hydrogen-bond acceptors (Lipinski definition) is 2. The minimum atomic E-state index is -2.78. The smallest absolute Gasteiger partial charge is 0.269 e. The van der Waals surface area contributed by atoms with Crippen LogP contribution in [0.5, 0.6) is 11.5 Å². The second-order valence-corrected chi connectivity index (χ2v) is 27.9. The first kappa shape index (κ1) is 45.7. The van der Waals surface area contributed by atoms with Crippen LogP contribution in [0.15, 0.2) is 231 Å². The van der Waals surface area contributed by atoms with E-state index in [9.17, 15) is 8.22 Å². The van der Waals surface area contributed by atoms with Crippen molar-refractivity contribution in [1.82, 2.24) is 18.7 Å². The lowest BCUT2D eigenvalue weighted by molar-refractivity contribution is -0.571. The van der Waals surface area contributed by atoms with Gasteiger partial charge in [0.15, 0.2) is 0 Å². The van der Waals surface area contributed by atoms with Gasteiger partial charge in [-0.1, -0.05) is 182 Å². The summed E-state index contributed by atoms with van der Waals surface area (Å²) in [5.41, 5.74) is 13.5. The first-order valence-corrected chi connectivity index (χ1v) is 32.3. The number of benzene rings is 11. The van der Waals surface area contributed by atoms with Crippen LogP contribution in [0.4, 0.5) is 0 Å². The molecule has 0 amide bonds. The highest BCUT2D eigenvalue weighted by atomic mass is 16.5. The fraction of sp³-hybridized carbons (Fsp3) is 0.182. The van der Waals surface area contributed by atoms with Gasteiger partial charge in [-0.2, -0.15) is 0 Å². The van der Waals surface area contributed by atoms with E-state index >= 15 is 0 Å². The van der Waals surface area contributed by atoms with Crippen LogP contribution >= 0.6 is 0 Å². The van der Waals surface area contributed by atoms with Crippen LogP contribution < -0.4 is 9.30 Å². The molecule has 458 valence electrons. The van der Waals surface area contributed by atoms with Gasteiger partial charge < -0.3 is 9.30 Å². The second kappa shape index (κ2) is 21.0. The first-order valence-electron chi connectivity index (χ1n) is 38.3. The highest BCUT2D eigenvalue weighted by molar-refractivity contribution is 6.12. The summed E-state index contributed by atoms with van der Waals surface area (Å²) in [4.78, 5) is 4.95. The van der Waals surface area contributed by atoms with E-state index in [1.165, 1.54) is 36.4 Å². The van der Waals surface area contributed by atoms with E-state index in [1.807, 2.05) is 120 Å². The Balaban J connectivity index is 1.03. The van der Waals surface area contributed by atoms with Crippen molar-refractivity contribution < 1.29 is 25.8 Å². The number of fused-ring (bicyclic) bond motifs is 14. The molecule has 94 heavy (non-hydrogen) atoms. The Morgan fingerprint density at radius 3 is 1.59 bits per heavy atom. The Morgan fingerprint density at radius 1 is 0.457 bits per heavy atom. The van der Waals surface area contributed by atoms with E-state index in [2.05, 4.69) is 147 Å². The summed E-state index contributed by atoms with van der Waals surface area (Å²) >= 11 is 0. The molecule has 11 aromatic carbocycles. The van der Waals surface area contributed by atoms with Crippen molar-refractivity contribution in [3.63, 3.8) is 0 Å². The Morgan fingerprint density at radius 2 is 0.979 bits per heavy atom. The lowest BCUT2D eigenvalue weighted by Gasteiger charge is -2.42. The van der Waals surface area contributed by atoms with Crippen molar-refractivity contribution >= 4 is 54.6 Å². The quantitative estimate of drug-likeness (QED) is 0.118. The predicted octanol–water partition coefficient (Wildman–Crippen LogP) is 22.6. The van der Waals surface area contributed by atoms with Crippen molar-refractivity contribution in [2.45, 2.75) is 105 Å². The van der Waals surface area contributed by atoms with Crippen LogP contribution in [0.1, 0.15) is 117 Å². The van der Waals surface area contributed by atoms with E-state index in [0.717, 1.165) is 101 Å². The molecule has 0 unspecified atom stereocenters. The molecule has 15 aromatic rings. The largest absolute Gasteiger partial charge is 0.458 e. The topological polar surface area (TPSA) is 40.8 Å². The highest BCUT2D eigenvalue weighted by Crippen LogP contribution is 2.54. The monoisotopic (exact) mass is 1230 g/mol. The third-order valence-electron chi connectivity index (χ3n) is 20.2. The van der Waals surface area contributed by atoms with Gasteiger partial charge >= 0.3 is 0 Å². The summed E-state index contributed by atoms with van der Waals surface area (Å²) in [7, 11) is 0. The minimum absolute atomic E-state index is 0.0509. The molecule has 2 aliphatic rings. The van der Waals surface area contributed by atoms with Crippen LogP contribution in [0.2, 0.25) is 0 Å². The van der Waals surface area contributed by atoms with Gasteiger partial charge in [0.25, 0.3) is 6.33 Å². The number of aryl methyl sites for hydroxylation is 4. The summed E-state index contributed by atoms with van der Waals surface area (Å²) in [6.07, 6.45) is 7.60. The number of rotatable bonds is 7. The molecule has 0 spiro atoms. The zero-order valence-corrected chi connectivity index (χ0v) is 53.5. The lowest BCUT2D eigenvalue weighted by atomic mass is 9.62. The minimum Gasteiger partial charge on any atom is -0.458 e. The van der Waals surface area contributed by atoms with Crippen molar-refractivity contribution in [1.29, 1.82) is 0 Å². The zero-order valence-electron chi connectivity index (χ0n) is 65.5. The number of nitrogens with zero attached hydrogens (tertiary/aromatic N) is 5. The molecule has 0 saturated heterocycles. The Hall–Kier alpha value is -10.6. The van der Waals surface area contributed by atoms with Crippen LogP contribution in [-0.2, 0) is 16.2 Å². The maximum Gasteiger partial charge on any atom is 0.269 e. The normalized spacial score (nSPS) is 16.4. The molecule has 0 fully saturated rings. The fourth-order valence-corrected chi connectivity index (χ4v) is 15.3. The molecule has 1 aliphatic heterocycles. The maximum absolute atomic E-state index is 9.21. The molecule has 0 bridgehead atoms. The molecule has 0 radical (unpaired) electrons. The summed E-state index contributed by atoms with van der Waals surface area (Å²) in [5.74, 6) is 1.78. The van der Waals surface area contributed by atoms with Crippen LogP contribution in [-0.4, -0.2) is 18.7 Å².